The summed E-state index contributed by atoms with van der Waals surface area (Å²) in [5, 5.41) is 10.2. The normalized spacial score (nSPS) is 10.3. The van der Waals surface area contributed by atoms with E-state index in [0.717, 1.165) is 27.9 Å². The van der Waals surface area contributed by atoms with E-state index in [1.54, 1.807) is 13.3 Å². The lowest BCUT2D eigenvalue weighted by Gasteiger charge is -2.10. The second-order valence-corrected chi connectivity index (χ2v) is 4.10. The van der Waals surface area contributed by atoms with Crippen LogP contribution in [0.25, 0.3) is 22.2 Å². The first-order valence-corrected chi connectivity index (χ1v) is 5.84. The Hall–Kier alpha value is -2.80. The van der Waals surface area contributed by atoms with Gasteiger partial charge in [0.2, 0.25) is 0 Å². The van der Waals surface area contributed by atoms with Gasteiger partial charge in [-0.3, -0.25) is 0 Å². The number of nitrogens with zero attached hydrogens (tertiary/aromatic N) is 2. The molecule has 0 saturated heterocycles. The highest BCUT2D eigenvalue weighted by Crippen LogP contribution is 2.36. The molecule has 0 fully saturated rings. The van der Waals surface area contributed by atoms with Crippen molar-refractivity contribution in [1.82, 2.24) is 9.97 Å². The predicted octanol–water partition coefficient (Wildman–Crippen LogP) is 3.11. The predicted molar refractivity (Wildman–Crippen MR) is 72.8 cm³/mol. The lowest BCUT2D eigenvalue weighted by molar-refractivity contribution is 0.416. The first-order chi connectivity index (χ1) is 9.35. The Morgan fingerprint density at radius 3 is 2.89 bits per heavy atom. The van der Waals surface area contributed by atoms with E-state index in [2.05, 4.69) is 16.0 Å². The zero-order valence-electron chi connectivity index (χ0n) is 10.3. The third kappa shape index (κ3) is 1.72. The summed E-state index contributed by atoms with van der Waals surface area (Å²) in [6.45, 7) is 0. The number of aromatic amines is 1. The molecule has 0 atom stereocenters. The molecule has 3 aromatic rings. The summed E-state index contributed by atoms with van der Waals surface area (Å²) >= 11 is 0. The lowest BCUT2D eigenvalue weighted by atomic mass is 9.98. The van der Waals surface area contributed by atoms with Gasteiger partial charge in [-0.25, -0.2) is 4.98 Å². The standard InChI is InChI=1S/C15H11N3O/c1-19-13-5-3-2-4-11(13)14-10(8-16)9-18-15-12(14)6-7-17-15/h2-7,9H,1H3,(H,17,18). The molecule has 0 saturated carbocycles. The van der Waals surface area contributed by atoms with Crippen LogP contribution in [0.4, 0.5) is 0 Å². The zero-order chi connectivity index (χ0) is 13.2. The van der Waals surface area contributed by atoms with Crippen molar-refractivity contribution in [2.45, 2.75) is 0 Å². The summed E-state index contributed by atoms with van der Waals surface area (Å²) in [7, 11) is 1.63. The third-order valence-corrected chi connectivity index (χ3v) is 3.08. The molecule has 2 heterocycles. The molecule has 1 N–H and O–H groups in total. The molecule has 0 aliphatic heterocycles. The summed E-state index contributed by atoms with van der Waals surface area (Å²) in [6.07, 6.45) is 3.40. The molecule has 0 spiro atoms. The fourth-order valence-corrected chi connectivity index (χ4v) is 2.23. The number of nitriles is 1. The molecule has 0 aliphatic carbocycles. The fourth-order valence-electron chi connectivity index (χ4n) is 2.23. The third-order valence-electron chi connectivity index (χ3n) is 3.08. The quantitative estimate of drug-likeness (QED) is 0.759. The Bertz CT molecular complexity index is 783. The Kier molecular flexibility index (Phi) is 2.66. The van der Waals surface area contributed by atoms with Gasteiger partial charge in [0.25, 0.3) is 0 Å². The van der Waals surface area contributed by atoms with Crippen LogP contribution in [0.3, 0.4) is 0 Å². The van der Waals surface area contributed by atoms with Gasteiger partial charge in [-0.2, -0.15) is 5.26 Å². The van der Waals surface area contributed by atoms with Gasteiger partial charge in [-0.05, 0) is 12.1 Å². The average molecular weight is 249 g/mol. The number of hydrogen-bond acceptors (Lipinski definition) is 3. The molecule has 1 aromatic carbocycles. The van der Waals surface area contributed by atoms with Gasteiger partial charge in [0.05, 0.1) is 12.7 Å². The summed E-state index contributed by atoms with van der Waals surface area (Å²) in [5.74, 6) is 0.743. The van der Waals surface area contributed by atoms with Crippen LogP contribution in [-0.4, -0.2) is 17.1 Å². The van der Waals surface area contributed by atoms with Crippen LogP contribution in [-0.2, 0) is 0 Å². The van der Waals surface area contributed by atoms with Crippen molar-refractivity contribution in [2.24, 2.45) is 0 Å². The molecule has 92 valence electrons. The summed E-state index contributed by atoms with van der Waals surface area (Å²) in [6, 6.07) is 11.8. The lowest BCUT2D eigenvalue weighted by Crippen LogP contribution is -1.92. The fraction of sp³-hybridized carbons (Fsp3) is 0.0667. The highest BCUT2D eigenvalue weighted by molar-refractivity contribution is 5.97. The van der Waals surface area contributed by atoms with E-state index < -0.39 is 0 Å². The van der Waals surface area contributed by atoms with E-state index in [0.29, 0.717) is 5.56 Å². The molecule has 19 heavy (non-hydrogen) atoms. The van der Waals surface area contributed by atoms with Gasteiger partial charge < -0.3 is 9.72 Å². The van der Waals surface area contributed by atoms with Crippen LogP contribution in [0.5, 0.6) is 5.75 Å². The maximum absolute atomic E-state index is 9.30. The van der Waals surface area contributed by atoms with Crippen LogP contribution >= 0.6 is 0 Å². The largest absolute Gasteiger partial charge is 0.496 e. The summed E-state index contributed by atoms with van der Waals surface area (Å²) in [5.41, 5.74) is 3.05. The maximum Gasteiger partial charge on any atom is 0.137 e. The Labute approximate surface area is 110 Å². The molecule has 2 aromatic heterocycles. The Morgan fingerprint density at radius 2 is 2.11 bits per heavy atom. The molecule has 4 nitrogen and oxygen atoms in total. The second kappa shape index (κ2) is 4.46. The highest BCUT2D eigenvalue weighted by Gasteiger charge is 2.14. The van der Waals surface area contributed by atoms with Crippen LogP contribution in [0.1, 0.15) is 5.56 Å². The number of methoxy groups -OCH3 is 1. The zero-order valence-corrected chi connectivity index (χ0v) is 10.3. The van der Waals surface area contributed by atoms with Gasteiger partial charge in [0.1, 0.15) is 17.5 Å². The van der Waals surface area contributed by atoms with E-state index in [1.165, 1.54) is 0 Å². The molecule has 4 heteroatoms. The van der Waals surface area contributed by atoms with E-state index >= 15 is 0 Å². The second-order valence-electron chi connectivity index (χ2n) is 4.10. The number of ether oxygens (including phenoxy) is 1. The van der Waals surface area contributed by atoms with Gasteiger partial charge in [0, 0.05) is 28.9 Å². The maximum atomic E-state index is 9.30. The van der Waals surface area contributed by atoms with Crippen LogP contribution < -0.4 is 4.74 Å². The topological polar surface area (TPSA) is 61.7 Å². The number of aromatic nitrogens is 2. The van der Waals surface area contributed by atoms with E-state index in [-0.39, 0.29) is 0 Å². The van der Waals surface area contributed by atoms with Crippen LogP contribution in [0.15, 0.2) is 42.7 Å². The van der Waals surface area contributed by atoms with Crippen molar-refractivity contribution in [3.8, 4) is 22.9 Å². The minimum atomic E-state index is 0.539. The number of pyridine rings is 1. The Balaban J connectivity index is 2.41. The first-order valence-electron chi connectivity index (χ1n) is 5.84. The van der Waals surface area contributed by atoms with Crippen molar-refractivity contribution < 1.29 is 4.74 Å². The Morgan fingerprint density at radius 1 is 1.26 bits per heavy atom. The van der Waals surface area contributed by atoms with E-state index in [4.69, 9.17) is 4.74 Å². The van der Waals surface area contributed by atoms with Crippen molar-refractivity contribution >= 4 is 11.0 Å². The van der Waals surface area contributed by atoms with Gasteiger partial charge in [-0.1, -0.05) is 18.2 Å². The van der Waals surface area contributed by atoms with Crippen molar-refractivity contribution in [2.75, 3.05) is 7.11 Å². The number of para-hydroxylation sites is 1. The number of H-pyrrole nitrogens is 1. The summed E-state index contributed by atoms with van der Waals surface area (Å²) < 4.78 is 5.38. The molecule has 0 bridgehead atoms. The van der Waals surface area contributed by atoms with E-state index in [1.807, 2.05) is 36.5 Å². The van der Waals surface area contributed by atoms with Crippen LogP contribution in [0.2, 0.25) is 0 Å². The van der Waals surface area contributed by atoms with Crippen LogP contribution in [0, 0.1) is 11.3 Å². The smallest absolute Gasteiger partial charge is 0.137 e. The van der Waals surface area contributed by atoms with Gasteiger partial charge >= 0.3 is 0 Å². The monoisotopic (exact) mass is 249 g/mol. The first kappa shape index (κ1) is 11.3. The highest BCUT2D eigenvalue weighted by atomic mass is 16.5. The minimum absolute atomic E-state index is 0.539. The van der Waals surface area contributed by atoms with Crippen molar-refractivity contribution in [3.05, 3.63) is 48.3 Å². The molecule has 0 aliphatic rings. The number of nitrogens with one attached hydrogen (secondary N) is 1. The number of fused-ring (bicyclic) bond motifs is 1. The molecule has 0 radical (unpaired) electrons. The number of benzene rings is 1. The average Bonchev–Trinajstić information content (AvgIpc) is 2.94. The van der Waals surface area contributed by atoms with Gasteiger partial charge in [0.15, 0.2) is 0 Å². The molecule has 0 amide bonds. The number of hydrogen-bond donors (Lipinski definition) is 1. The van der Waals surface area contributed by atoms with Crippen molar-refractivity contribution in [3.63, 3.8) is 0 Å². The number of rotatable bonds is 2. The van der Waals surface area contributed by atoms with Crippen molar-refractivity contribution in [1.29, 1.82) is 5.26 Å². The SMILES string of the molecule is COc1ccccc1-c1c(C#N)cnc2[nH]ccc12. The van der Waals surface area contributed by atoms with E-state index in [9.17, 15) is 5.26 Å². The molecule has 3 rings (SSSR count). The molecule has 0 unspecified atom stereocenters. The summed E-state index contributed by atoms with van der Waals surface area (Å²) in [4.78, 5) is 7.29. The molecular formula is C15H11N3O. The van der Waals surface area contributed by atoms with Gasteiger partial charge in [-0.15, -0.1) is 0 Å². The minimum Gasteiger partial charge on any atom is -0.496 e. The molecular weight excluding hydrogens is 238 g/mol.